The van der Waals surface area contributed by atoms with Crippen molar-refractivity contribution in [2.45, 2.75) is 49.8 Å². The van der Waals surface area contributed by atoms with Gasteiger partial charge in [-0.15, -0.1) is 0 Å². The number of carbonyl (C=O) groups is 1. The van der Waals surface area contributed by atoms with Crippen molar-refractivity contribution in [2.24, 2.45) is 0 Å². The van der Waals surface area contributed by atoms with Gasteiger partial charge in [0.2, 0.25) is 15.9 Å². The van der Waals surface area contributed by atoms with Crippen LogP contribution in [0.25, 0.3) is 11.0 Å². The van der Waals surface area contributed by atoms with Crippen molar-refractivity contribution in [1.29, 1.82) is 0 Å². The highest BCUT2D eigenvalue weighted by Crippen LogP contribution is 2.27. The van der Waals surface area contributed by atoms with Gasteiger partial charge in [0.05, 0.1) is 34.9 Å². The summed E-state index contributed by atoms with van der Waals surface area (Å²) in [6, 6.07) is 5.18. The van der Waals surface area contributed by atoms with Crippen LogP contribution in [-0.2, 0) is 26.1 Å². The number of nitrogens with zero attached hydrogens (tertiary/aromatic N) is 3. The minimum Gasteiger partial charge on any atom is -0.379 e. The number of benzene rings is 1. The van der Waals surface area contributed by atoms with E-state index in [2.05, 4.69) is 10.3 Å². The van der Waals surface area contributed by atoms with Crippen LogP contribution in [0.15, 0.2) is 28.3 Å². The number of hydrogen-bond acceptors (Lipinski definition) is 6. The highest BCUT2D eigenvalue weighted by Gasteiger charge is 2.27. The number of aromatic nitrogens is 2. The first-order chi connectivity index (χ1) is 13.9. The lowest BCUT2D eigenvalue weighted by Gasteiger charge is -2.26. The zero-order valence-electron chi connectivity index (χ0n) is 17.1. The largest absolute Gasteiger partial charge is 0.379 e. The molecule has 0 unspecified atom stereocenters. The van der Waals surface area contributed by atoms with Gasteiger partial charge in [0, 0.05) is 25.7 Å². The van der Waals surface area contributed by atoms with Crippen LogP contribution in [0.5, 0.6) is 0 Å². The van der Waals surface area contributed by atoms with E-state index in [0.717, 1.165) is 11.9 Å². The fraction of sp³-hybridized carbons (Fsp3) is 0.579. The Morgan fingerprint density at radius 3 is 2.69 bits per heavy atom. The zero-order chi connectivity index (χ0) is 21.0. The molecule has 1 aromatic carbocycles. The molecule has 160 valence electrons. The quantitative estimate of drug-likeness (QED) is 0.632. The van der Waals surface area contributed by atoms with Crippen LogP contribution in [0.2, 0.25) is 0 Å². The van der Waals surface area contributed by atoms with Crippen molar-refractivity contribution in [3.8, 4) is 0 Å². The van der Waals surface area contributed by atoms with Gasteiger partial charge in [0.1, 0.15) is 0 Å². The molecule has 0 radical (unpaired) electrons. The molecule has 1 amide bonds. The maximum Gasteiger partial charge on any atom is 0.243 e. The standard InChI is InChI=1S/C19H28N4O4S2/c1-4-14(3)20-18(24)13-28-19-21-16-12-15(6-7-17(16)23(19)5-2)29(25,26)22-8-10-27-11-9-22/h6-7,12,14H,4-5,8-11,13H2,1-3H3,(H,20,24)/t14-/m1/s1. The Balaban J connectivity index is 1.83. The Morgan fingerprint density at radius 2 is 2.03 bits per heavy atom. The number of fused-ring (bicyclic) bond motifs is 1. The van der Waals surface area contributed by atoms with Crippen molar-refractivity contribution >= 4 is 38.7 Å². The zero-order valence-corrected chi connectivity index (χ0v) is 18.7. The van der Waals surface area contributed by atoms with Gasteiger partial charge in [-0.2, -0.15) is 4.31 Å². The number of morpholine rings is 1. The molecule has 1 atom stereocenters. The van der Waals surface area contributed by atoms with Crippen molar-refractivity contribution in [2.75, 3.05) is 32.1 Å². The van der Waals surface area contributed by atoms with Gasteiger partial charge in [-0.1, -0.05) is 18.7 Å². The molecule has 1 N–H and O–H groups in total. The van der Waals surface area contributed by atoms with E-state index in [1.165, 1.54) is 16.1 Å². The Labute approximate surface area is 176 Å². The summed E-state index contributed by atoms with van der Waals surface area (Å²) in [4.78, 5) is 16.9. The highest BCUT2D eigenvalue weighted by molar-refractivity contribution is 7.99. The van der Waals surface area contributed by atoms with Crippen LogP contribution >= 0.6 is 11.8 Å². The van der Waals surface area contributed by atoms with Crippen LogP contribution in [0.1, 0.15) is 27.2 Å². The maximum absolute atomic E-state index is 12.9. The molecule has 10 heteroatoms. The number of imidazole rings is 1. The lowest BCUT2D eigenvalue weighted by atomic mass is 10.3. The number of hydrogen-bond donors (Lipinski definition) is 1. The molecule has 0 aliphatic carbocycles. The Bertz CT molecular complexity index is 968. The minimum absolute atomic E-state index is 0.0327. The summed E-state index contributed by atoms with van der Waals surface area (Å²) in [6.07, 6.45) is 0.879. The predicted molar refractivity (Wildman–Crippen MR) is 114 cm³/mol. The molecule has 2 aromatic rings. The summed E-state index contributed by atoms with van der Waals surface area (Å²) < 4.78 is 34.5. The summed E-state index contributed by atoms with van der Waals surface area (Å²) in [7, 11) is -3.57. The van der Waals surface area contributed by atoms with Crippen molar-refractivity contribution in [3.63, 3.8) is 0 Å². The van der Waals surface area contributed by atoms with E-state index in [9.17, 15) is 13.2 Å². The highest BCUT2D eigenvalue weighted by atomic mass is 32.2. The number of rotatable bonds is 8. The number of carbonyl (C=O) groups excluding carboxylic acids is 1. The fourth-order valence-electron chi connectivity index (χ4n) is 3.15. The lowest BCUT2D eigenvalue weighted by Crippen LogP contribution is -2.40. The van der Waals surface area contributed by atoms with Crippen molar-refractivity contribution in [1.82, 2.24) is 19.2 Å². The van der Waals surface area contributed by atoms with E-state index in [-0.39, 0.29) is 22.6 Å². The van der Waals surface area contributed by atoms with E-state index in [1.807, 2.05) is 25.3 Å². The van der Waals surface area contributed by atoms with E-state index >= 15 is 0 Å². The first-order valence-corrected chi connectivity index (χ1v) is 12.3. The monoisotopic (exact) mass is 440 g/mol. The number of ether oxygens (including phenoxy) is 1. The van der Waals surface area contributed by atoms with Gasteiger partial charge in [-0.3, -0.25) is 4.79 Å². The molecule has 0 spiro atoms. The average Bonchev–Trinajstić information content (AvgIpc) is 3.09. The number of sulfonamides is 1. The van der Waals surface area contributed by atoms with Crippen LogP contribution in [0.3, 0.4) is 0 Å². The van der Waals surface area contributed by atoms with Gasteiger partial charge >= 0.3 is 0 Å². The van der Waals surface area contributed by atoms with Crippen LogP contribution in [0, 0.1) is 0 Å². The summed E-state index contributed by atoms with van der Waals surface area (Å²) in [5, 5.41) is 3.66. The van der Waals surface area contributed by atoms with Gasteiger partial charge in [-0.25, -0.2) is 13.4 Å². The molecule has 1 fully saturated rings. The molecule has 1 aromatic heterocycles. The smallest absolute Gasteiger partial charge is 0.243 e. The summed E-state index contributed by atoms with van der Waals surface area (Å²) in [5.41, 5.74) is 1.48. The molecular weight excluding hydrogens is 412 g/mol. The fourth-order valence-corrected chi connectivity index (χ4v) is 5.47. The molecule has 1 aliphatic rings. The van der Waals surface area contributed by atoms with E-state index in [1.54, 1.807) is 18.2 Å². The number of nitrogens with one attached hydrogen (secondary N) is 1. The van der Waals surface area contributed by atoms with Crippen molar-refractivity contribution in [3.05, 3.63) is 18.2 Å². The second kappa shape index (κ2) is 9.46. The predicted octanol–water partition coefficient (Wildman–Crippen LogP) is 2.08. The topological polar surface area (TPSA) is 93.5 Å². The Kier molecular flexibility index (Phi) is 7.20. The Morgan fingerprint density at radius 1 is 1.31 bits per heavy atom. The second-order valence-corrected chi connectivity index (χ2v) is 9.85. The average molecular weight is 441 g/mol. The molecule has 1 aliphatic heterocycles. The minimum atomic E-state index is -3.57. The Hall–Kier alpha value is -1.62. The van der Waals surface area contributed by atoms with E-state index < -0.39 is 10.0 Å². The molecule has 3 rings (SSSR count). The van der Waals surface area contributed by atoms with Crippen LogP contribution in [0.4, 0.5) is 0 Å². The van der Waals surface area contributed by atoms with Crippen LogP contribution in [-0.4, -0.2) is 66.3 Å². The molecule has 1 saturated heterocycles. The van der Waals surface area contributed by atoms with Crippen LogP contribution < -0.4 is 5.32 Å². The normalized spacial score (nSPS) is 16.8. The third-order valence-electron chi connectivity index (χ3n) is 4.96. The summed E-state index contributed by atoms with van der Waals surface area (Å²) in [6.45, 7) is 8.21. The number of aryl methyl sites for hydroxylation is 1. The maximum atomic E-state index is 12.9. The molecule has 2 heterocycles. The number of amides is 1. The second-order valence-electron chi connectivity index (χ2n) is 6.97. The molecular formula is C19H28N4O4S2. The summed E-state index contributed by atoms with van der Waals surface area (Å²) in [5.74, 6) is 0.238. The first-order valence-electron chi connectivity index (χ1n) is 9.87. The summed E-state index contributed by atoms with van der Waals surface area (Å²) >= 11 is 1.36. The third-order valence-corrected chi connectivity index (χ3v) is 7.83. The SMILES string of the molecule is CC[C@@H](C)NC(=O)CSc1nc2cc(S(=O)(=O)N3CCOCC3)ccc2n1CC. The van der Waals surface area contributed by atoms with E-state index in [4.69, 9.17) is 4.74 Å². The molecule has 8 nitrogen and oxygen atoms in total. The van der Waals surface area contributed by atoms with Gasteiger partial charge in [0.25, 0.3) is 0 Å². The lowest BCUT2D eigenvalue weighted by molar-refractivity contribution is -0.119. The van der Waals surface area contributed by atoms with Crippen molar-refractivity contribution < 1.29 is 17.9 Å². The first kappa shape index (κ1) is 22.1. The third kappa shape index (κ3) is 4.93. The molecule has 0 saturated carbocycles. The van der Waals surface area contributed by atoms with Gasteiger partial charge < -0.3 is 14.6 Å². The number of thioether (sulfide) groups is 1. The molecule has 0 bridgehead atoms. The molecule has 29 heavy (non-hydrogen) atoms. The van der Waals surface area contributed by atoms with Gasteiger partial charge in [-0.05, 0) is 38.5 Å². The van der Waals surface area contributed by atoms with E-state index in [0.29, 0.717) is 43.5 Å². The van der Waals surface area contributed by atoms with Gasteiger partial charge in [0.15, 0.2) is 5.16 Å².